The maximum atomic E-state index is 6.29. The number of aromatic nitrogens is 2. The molecule has 0 aliphatic rings. The van der Waals surface area contributed by atoms with E-state index in [1.807, 2.05) is 24.3 Å². The van der Waals surface area contributed by atoms with Crippen LogP contribution in [0.1, 0.15) is 36.1 Å². The summed E-state index contributed by atoms with van der Waals surface area (Å²) in [7, 11) is 4.12. The number of fused-ring (bicyclic) bond motifs is 1. The van der Waals surface area contributed by atoms with Crippen LogP contribution in [0.15, 0.2) is 60.7 Å². The van der Waals surface area contributed by atoms with Crippen molar-refractivity contribution in [1.29, 1.82) is 0 Å². The van der Waals surface area contributed by atoms with Crippen LogP contribution in [-0.4, -0.2) is 49.4 Å². The highest BCUT2D eigenvalue weighted by molar-refractivity contribution is 5.81. The van der Waals surface area contributed by atoms with Crippen LogP contribution in [0.4, 0.5) is 11.6 Å². The lowest BCUT2D eigenvalue weighted by Gasteiger charge is -2.33. The maximum absolute atomic E-state index is 6.29. The van der Waals surface area contributed by atoms with Crippen LogP contribution in [0.5, 0.6) is 11.5 Å². The van der Waals surface area contributed by atoms with Gasteiger partial charge in [-0.15, -0.1) is 0 Å². The minimum Gasteiger partial charge on any atom is -0.491 e. The highest BCUT2D eigenvalue weighted by Gasteiger charge is 2.24. The number of nitrogens with zero attached hydrogens (tertiary/aromatic N) is 4. The van der Waals surface area contributed by atoms with Gasteiger partial charge in [-0.1, -0.05) is 48.5 Å². The molecule has 200 valence electrons. The molecular formula is C32H40N4O2. The van der Waals surface area contributed by atoms with E-state index in [1.165, 1.54) is 0 Å². The Bertz CT molecular complexity index is 1260. The zero-order valence-corrected chi connectivity index (χ0v) is 23.9. The smallest absolute Gasteiger partial charge is 0.172 e. The molecule has 0 fully saturated rings. The second kappa shape index (κ2) is 11.7. The van der Waals surface area contributed by atoms with Gasteiger partial charge in [0, 0.05) is 14.1 Å². The predicted molar refractivity (Wildman–Crippen MR) is 158 cm³/mol. The third-order valence-corrected chi connectivity index (χ3v) is 7.28. The second-order valence-electron chi connectivity index (χ2n) is 10.3. The average Bonchev–Trinajstić information content (AvgIpc) is 2.90. The first-order valence-corrected chi connectivity index (χ1v) is 13.3. The molecule has 1 heterocycles. The van der Waals surface area contributed by atoms with E-state index in [0.717, 1.165) is 56.4 Å². The summed E-state index contributed by atoms with van der Waals surface area (Å²) in [5.41, 5.74) is 6.31. The zero-order valence-electron chi connectivity index (χ0n) is 23.9. The van der Waals surface area contributed by atoms with E-state index >= 15 is 0 Å². The average molecular weight is 513 g/mol. The fraction of sp³-hybridized carbons (Fsp3) is 0.375. The predicted octanol–water partition coefficient (Wildman–Crippen LogP) is 6.67. The summed E-state index contributed by atoms with van der Waals surface area (Å²) in [6, 6.07) is 20.6. The molecule has 4 rings (SSSR count). The van der Waals surface area contributed by atoms with Crippen molar-refractivity contribution in [2.75, 3.05) is 37.1 Å². The summed E-state index contributed by atoms with van der Waals surface area (Å²) in [4.78, 5) is 14.5. The van der Waals surface area contributed by atoms with E-state index in [-0.39, 0.29) is 12.1 Å². The molecule has 4 aromatic rings. The van der Waals surface area contributed by atoms with Gasteiger partial charge in [0.15, 0.2) is 11.6 Å². The van der Waals surface area contributed by atoms with Gasteiger partial charge in [0.2, 0.25) is 0 Å². The van der Waals surface area contributed by atoms with E-state index < -0.39 is 0 Å². The van der Waals surface area contributed by atoms with E-state index in [4.69, 9.17) is 19.4 Å². The summed E-state index contributed by atoms with van der Waals surface area (Å²) >= 11 is 0. The lowest BCUT2D eigenvalue weighted by Crippen LogP contribution is -2.39. The summed E-state index contributed by atoms with van der Waals surface area (Å²) in [5, 5.41) is 0. The molecule has 6 heteroatoms. The van der Waals surface area contributed by atoms with Crippen molar-refractivity contribution >= 4 is 22.7 Å². The molecule has 0 saturated heterocycles. The Morgan fingerprint density at radius 1 is 0.579 bits per heavy atom. The van der Waals surface area contributed by atoms with Gasteiger partial charge in [-0.25, -0.2) is 9.97 Å². The number of hydrogen-bond donors (Lipinski definition) is 0. The van der Waals surface area contributed by atoms with Gasteiger partial charge in [0.25, 0.3) is 0 Å². The van der Waals surface area contributed by atoms with Gasteiger partial charge in [-0.05, 0) is 75.9 Å². The number of benzene rings is 3. The van der Waals surface area contributed by atoms with Crippen LogP contribution in [0.25, 0.3) is 11.0 Å². The molecule has 6 nitrogen and oxygen atoms in total. The Morgan fingerprint density at radius 2 is 0.921 bits per heavy atom. The molecule has 3 aromatic carbocycles. The highest BCUT2D eigenvalue weighted by atomic mass is 16.5. The van der Waals surface area contributed by atoms with E-state index in [1.54, 1.807) is 0 Å². The van der Waals surface area contributed by atoms with E-state index in [2.05, 4.69) is 102 Å². The van der Waals surface area contributed by atoms with Crippen molar-refractivity contribution in [1.82, 2.24) is 9.97 Å². The molecule has 0 saturated carbocycles. The number of rotatable bonds is 10. The first-order chi connectivity index (χ1) is 18.2. The van der Waals surface area contributed by atoms with Crippen molar-refractivity contribution in [2.45, 2.75) is 53.6 Å². The molecular weight excluding hydrogens is 472 g/mol. The lowest BCUT2D eigenvalue weighted by molar-refractivity contribution is 0.286. The number of likely N-dealkylation sites (N-methyl/N-ethyl adjacent to an activating group) is 2. The number of ether oxygens (including phenoxy) is 2. The van der Waals surface area contributed by atoms with Gasteiger partial charge in [-0.2, -0.15) is 0 Å². The minimum absolute atomic E-state index is 0.0674. The normalized spacial score (nSPS) is 12.7. The summed E-state index contributed by atoms with van der Waals surface area (Å²) in [6.07, 6.45) is 0. The number of para-hydroxylation sites is 4. The summed E-state index contributed by atoms with van der Waals surface area (Å²) in [6.45, 7) is 13.7. The number of anilines is 2. The molecule has 2 unspecified atom stereocenters. The number of hydrogen-bond acceptors (Lipinski definition) is 6. The molecule has 0 aliphatic carbocycles. The zero-order chi connectivity index (χ0) is 27.4. The van der Waals surface area contributed by atoms with Crippen molar-refractivity contribution in [3.8, 4) is 11.5 Å². The van der Waals surface area contributed by atoms with Gasteiger partial charge >= 0.3 is 0 Å². The van der Waals surface area contributed by atoms with Crippen LogP contribution < -0.4 is 19.3 Å². The molecule has 0 amide bonds. The second-order valence-corrected chi connectivity index (χ2v) is 10.3. The molecule has 0 aliphatic heterocycles. The van der Waals surface area contributed by atoms with Crippen molar-refractivity contribution in [3.05, 3.63) is 82.9 Å². The molecule has 0 bridgehead atoms. The van der Waals surface area contributed by atoms with Crippen LogP contribution in [0, 0.1) is 27.7 Å². The van der Waals surface area contributed by atoms with Crippen LogP contribution in [0.3, 0.4) is 0 Å². The topological polar surface area (TPSA) is 50.7 Å². The minimum atomic E-state index is 0.0674. The Balaban J connectivity index is 1.58. The fourth-order valence-electron chi connectivity index (χ4n) is 4.56. The monoisotopic (exact) mass is 512 g/mol. The van der Waals surface area contributed by atoms with E-state index in [9.17, 15) is 0 Å². The first kappa shape index (κ1) is 27.2. The number of aryl methyl sites for hydroxylation is 4. The Morgan fingerprint density at radius 3 is 1.26 bits per heavy atom. The summed E-state index contributed by atoms with van der Waals surface area (Å²) in [5.74, 6) is 3.55. The van der Waals surface area contributed by atoms with Crippen LogP contribution >= 0.6 is 0 Å². The lowest BCUT2D eigenvalue weighted by atomic mass is 10.1. The van der Waals surface area contributed by atoms with Gasteiger partial charge < -0.3 is 19.3 Å². The van der Waals surface area contributed by atoms with Gasteiger partial charge in [0.05, 0.1) is 23.1 Å². The maximum Gasteiger partial charge on any atom is 0.172 e. The van der Waals surface area contributed by atoms with Crippen molar-refractivity contribution < 1.29 is 9.47 Å². The first-order valence-electron chi connectivity index (χ1n) is 13.3. The Labute approximate surface area is 227 Å². The van der Waals surface area contributed by atoms with Gasteiger partial charge in [-0.3, -0.25) is 0 Å². The van der Waals surface area contributed by atoms with Crippen LogP contribution in [-0.2, 0) is 0 Å². The molecule has 0 N–H and O–H groups in total. The SMILES string of the molecule is Cc1cccc(C)c1OCC(C)N(C)c1nc2ccccc2nc1N(C)C(C)COc1c(C)cccc1C. The van der Waals surface area contributed by atoms with Crippen molar-refractivity contribution in [2.24, 2.45) is 0 Å². The molecule has 1 aromatic heterocycles. The molecule has 2 atom stereocenters. The Hall–Kier alpha value is -3.80. The van der Waals surface area contributed by atoms with Gasteiger partial charge in [0.1, 0.15) is 24.7 Å². The van der Waals surface area contributed by atoms with Crippen molar-refractivity contribution in [3.63, 3.8) is 0 Å². The fourth-order valence-corrected chi connectivity index (χ4v) is 4.56. The third-order valence-electron chi connectivity index (χ3n) is 7.28. The van der Waals surface area contributed by atoms with Crippen LogP contribution in [0.2, 0.25) is 0 Å². The highest BCUT2D eigenvalue weighted by Crippen LogP contribution is 2.30. The quantitative estimate of drug-likeness (QED) is 0.236. The van der Waals surface area contributed by atoms with E-state index in [0.29, 0.717) is 13.2 Å². The summed E-state index contributed by atoms with van der Waals surface area (Å²) < 4.78 is 12.6. The molecule has 38 heavy (non-hydrogen) atoms. The standard InChI is InChI=1S/C32H40N4O2/c1-21-13-11-14-22(2)29(21)37-19-25(5)35(7)31-32(34-28-18-10-9-17-27(28)33-31)36(8)26(6)20-38-30-23(3)15-12-16-24(30)4/h9-18,25-26H,19-20H2,1-8H3. The largest absolute Gasteiger partial charge is 0.491 e. The molecule has 0 spiro atoms. The third kappa shape index (κ3) is 5.85. The molecule has 0 radical (unpaired) electrons. The Kier molecular flexibility index (Phi) is 8.40.